The molecule has 0 fully saturated rings. The average Bonchev–Trinajstić information content (AvgIpc) is 2.93. The zero-order valence-corrected chi connectivity index (χ0v) is 13.1. The Morgan fingerprint density at radius 2 is 1.90 bits per heavy atom. The van der Waals surface area contributed by atoms with Crippen LogP contribution < -0.4 is 0 Å². The second kappa shape index (κ2) is 9.57. The molecule has 0 aliphatic heterocycles. The molecule has 1 rings (SSSR count). The lowest BCUT2D eigenvalue weighted by Crippen LogP contribution is -2.32. The highest BCUT2D eigenvalue weighted by atomic mass is 32.1. The minimum absolute atomic E-state index is 0.106. The third kappa shape index (κ3) is 5.36. The first-order valence-corrected chi connectivity index (χ1v) is 8.03. The Hall–Kier alpha value is -1.31. The molecule has 4 heteroatoms. The Kier molecular flexibility index (Phi) is 8.01. The van der Waals surface area contributed by atoms with E-state index in [-0.39, 0.29) is 12.5 Å². The van der Waals surface area contributed by atoms with Crippen LogP contribution in [0.1, 0.15) is 54.1 Å². The van der Waals surface area contributed by atoms with Crippen LogP contribution in [-0.4, -0.2) is 35.6 Å². The highest BCUT2D eigenvalue weighted by molar-refractivity contribution is 7.14. The maximum atomic E-state index is 12.5. The molecule has 1 heterocycles. The highest BCUT2D eigenvalue weighted by Gasteiger charge is 2.16. The second-order valence-electron chi connectivity index (χ2n) is 4.62. The molecule has 0 unspecified atom stereocenters. The third-order valence-corrected chi connectivity index (χ3v) is 3.95. The fraction of sp³-hybridized carbons (Fsp3) is 0.562. The first kappa shape index (κ1) is 16.7. The Balaban J connectivity index is 2.74. The fourth-order valence-corrected chi connectivity index (χ4v) is 2.66. The van der Waals surface area contributed by atoms with Crippen molar-refractivity contribution in [1.82, 2.24) is 4.90 Å². The van der Waals surface area contributed by atoms with Crippen molar-refractivity contribution < 1.29 is 9.90 Å². The first-order chi connectivity index (χ1) is 9.72. The van der Waals surface area contributed by atoms with Gasteiger partial charge in [0.1, 0.15) is 6.61 Å². The molecule has 0 spiro atoms. The van der Waals surface area contributed by atoms with Gasteiger partial charge >= 0.3 is 0 Å². The standard InChI is InChI=1S/C16H23NO2S/c1-3-5-11-17(12-6-4-2)16(19)15-10-9-14(20-15)8-7-13-18/h9-10,18H,3-6,11-13H2,1-2H3. The third-order valence-electron chi connectivity index (χ3n) is 2.96. The average molecular weight is 293 g/mol. The molecule has 20 heavy (non-hydrogen) atoms. The number of carbonyl (C=O) groups is 1. The van der Waals surface area contributed by atoms with Gasteiger partial charge in [-0.25, -0.2) is 0 Å². The maximum absolute atomic E-state index is 12.5. The fourth-order valence-electron chi connectivity index (χ4n) is 1.82. The summed E-state index contributed by atoms with van der Waals surface area (Å²) in [6.07, 6.45) is 4.26. The zero-order valence-electron chi connectivity index (χ0n) is 12.3. The molecule has 0 aromatic carbocycles. The van der Waals surface area contributed by atoms with Gasteiger partial charge in [-0.2, -0.15) is 0 Å². The molecule has 1 N–H and O–H groups in total. The van der Waals surface area contributed by atoms with E-state index < -0.39 is 0 Å². The molecule has 110 valence electrons. The lowest BCUT2D eigenvalue weighted by Gasteiger charge is -2.21. The molecule has 1 aromatic rings. The molecular weight excluding hydrogens is 270 g/mol. The smallest absolute Gasteiger partial charge is 0.263 e. The van der Waals surface area contributed by atoms with Crippen molar-refractivity contribution in [3.63, 3.8) is 0 Å². The van der Waals surface area contributed by atoms with Crippen LogP contribution in [0.3, 0.4) is 0 Å². The van der Waals surface area contributed by atoms with Gasteiger partial charge in [-0.05, 0) is 25.0 Å². The van der Waals surface area contributed by atoms with Gasteiger partial charge in [-0.1, -0.05) is 38.5 Å². The largest absolute Gasteiger partial charge is 0.384 e. The number of amides is 1. The lowest BCUT2D eigenvalue weighted by molar-refractivity contribution is 0.0756. The second-order valence-corrected chi connectivity index (χ2v) is 5.71. The number of hydrogen-bond donors (Lipinski definition) is 1. The number of hydrogen-bond acceptors (Lipinski definition) is 3. The normalized spacial score (nSPS) is 9.95. The van der Waals surface area contributed by atoms with Crippen molar-refractivity contribution in [2.45, 2.75) is 39.5 Å². The van der Waals surface area contributed by atoms with Gasteiger partial charge in [0.2, 0.25) is 0 Å². The number of nitrogens with zero attached hydrogens (tertiary/aromatic N) is 1. The maximum Gasteiger partial charge on any atom is 0.263 e. The van der Waals surface area contributed by atoms with Crippen LogP contribution in [0.5, 0.6) is 0 Å². The van der Waals surface area contributed by atoms with Crippen molar-refractivity contribution in [3.8, 4) is 11.8 Å². The minimum Gasteiger partial charge on any atom is -0.384 e. The summed E-state index contributed by atoms with van der Waals surface area (Å²) in [6.45, 7) is 5.77. The monoisotopic (exact) mass is 293 g/mol. The molecule has 0 saturated heterocycles. The van der Waals surface area contributed by atoms with Crippen LogP contribution in [0.4, 0.5) is 0 Å². The Morgan fingerprint density at radius 1 is 1.25 bits per heavy atom. The van der Waals surface area contributed by atoms with Gasteiger partial charge in [-0.15, -0.1) is 11.3 Å². The van der Waals surface area contributed by atoms with Crippen molar-refractivity contribution >= 4 is 17.2 Å². The van der Waals surface area contributed by atoms with E-state index in [0.717, 1.165) is 48.5 Å². The van der Waals surface area contributed by atoms with Gasteiger partial charge < -0.3 is 10.0 Å². The minimum atomic E-state index is -0.152. The van der Waals surface area contributed by atoms with Crippen LogP contribution >= 0.6 is 11.3 Å². The summed E-state index contributed by atoms with van der Waals surface area (Å²) in [5, 5.41) is 8.68. The van der Waals surface area contributed by atoms with Crippen LogP contribution in [0.2, 0.25) is 0 Å². The number of carbonyl (C=O) groups excluding carboxylic acids is 1. The van der Waals surface area contributed by atoms with Crippen molar-refractivity contribution in [3.05, 3.63) is 21.9 Å². The number of thiophene rings is 1. The molecule has 0 atom stereocenters. The van der Waals surface area contributed by atoms with Gasteiger partial charge in [0.15, 0.2) is 0 Å². The Morgan fingerprint density at radius 3 is 2.45 bits per heavy atom. The van der Waals surface area contributed by atoms with E-state index in [0.29, 0.717) is 0 Å². The quantitative estimate of drug-likeness (QED) is 0.785. The van der Waals surface area contributed by atoms with Crippen LogP contribution in [0.25, 0.3) is 0 Å². The van der Waals surface area contributed by atoms with E-state index in [1.54, 1.807) is 0 Å². The van der Waals surface area contributed by atoms with Gasteiger partial charge in [0.25, 0.3) is 5.91 Å². The Bertz CT molecular complexity index is 462. The molecule has 0 aliphatic carbocycles. The summed E-state index contributed by atoms with van der Waals surface area (Å²) >= 11 is 1.40. The topological polar surface area (TPSA) is 40.5 Å². The highest BCUT2D eigenvalue weighted by Crippen LogP contribution is 2.18. The van der Waals surface area contributed by atoms with Gasteiger partial charge in [-0.3, -0.25) is 4.79 Å². The Labute approximate surface area is 125 Å². The lowest BCUT2D eigenvalue weighted by atomic mass is 10.2. The van der Waals surface area contributed by atoms with Crippen LogP contribution in [-0.2, 0) is 0 Å². The molecular formula is C16H23NO2S. The number of aliphatic hydroxyl groups excluding tert-OH is 1. The molecule has 0 bridgehead atoms. The predicted octanol–water partition coefficient (Wildman–Crippen LogP) is 3.13. The van der Waals surface area contributed by atoms with E-state index in [1.807, 2.05) is 17.0 Å². The van der Waals surface area contributed by atoms with Crippen LogP contribution in [0.15, 0.2) is 12.1 Å². The molecule has 3 nitrogen and oxygen atoms in total. The summed E-state index contributed by atoms with van der Waals surface area (Å²) in [4.78, 5) is 16.0. The summed E-state index contributed by atoms with van der Waals surface area (Å²) < 4.78 is 0. The summed E-state index contributed by atoms with van der Waals surface area (Å²) in [5.74, 6) is 5.55. The van der Waals surface area contributed by atoms with E-state index in [2.05, 4.69) is 25.7 Å². The molecule has 0 radical (unpaired) electrons. The summed E-state index contributed by atoms with van der Waals surface area (Å²) in [5.41, 5.74) is 0. The van der Waals surface area contributed by atoms with E-state index in [9.17, 15) is 4.79 Å². The van der Waals surface area contributed by atoms with Crippen LogP contribution in [0, 0.1) is 11.8 Å². The van der Waals surface area contributed by atoms with Crippen molar-refractivity contribution in [1.29, 1.82) is 0 Å². The van der Waals surface area contributed by atoms with E-state index in [4.69, 9.17) is 5.11 Å². The first-order valence-electron chi connectivity index (χ1n) is 7.21. The van der Waals surface area contributed by atoms with E-state index in [1.165, 1.54) is 11.3 Å². The summed E-state index contributed by atoms with van der Waals surface area (Å²) in [7, 11) is 0. The van der Waals surface area contributed by atoms with Crippen molar-refractivity contribution in [2.75, 3.05) is 19.7 Å². The number of rotatable bonds is 7. The number of unbranched alkanes of at least 4 members (excludes halogenated alkanes) is 2. The molecule has 1 aromatic heterocycles. The van der Waals surface area contributed by atoms with Gasteiger partial charge in [0, 0.05) is 13.1 Å². The molecule has 0 saturated carbocycles. The number of aliphatic hydroxyl groups is 1. The van der Waals surface area contributed by atoms with Crippen molar-refractivity contribution in [2.24, 2.45) is 0 Å². The van der Waals surface area contributed by atoms with Gasteiger partial charge in [0.05, 0.1) is 9.75 Å². The predicted molar refractivity (Wildman–Crippen MR) is 84.0 cm³/mol. The van der Waals surface area contributed by atoms with E-state index >= 15 is 0 Å². The molecule has 0 aliphatic rings. The zero-order chi connectivity index (χ0) is 14.8. The summed E-state index contributed by atoms with van der Waals surface area (Å²) in [6, 6.07) is 3.68. The molecule has 1 amide bonds. The SMILES string of the molecule is CCCCN(CCCC)C(=O)c1ccc(C#CCO)s1.